The Bertz CT molecular complexity index is 202. The first-order chi connectivity index (χ1) is 5.25. The molecule has 1 amide bonds. The maximum Gasteiger partial charge on any atom is 0.228 e. The molecule has 0 spiro atoms. The molecule has 0 radical (unpaired) electrons. The molecular formula is C7H11N3O. The second-order valence-corrected chi connectivity index (χ2v) is 2.83. The lowest BCUT2D eigenvalue weighted by Crippen LogP contribution is -2.36. The average molecular weight is 153 g/mol. The third-order valence-electron chi connectivity index (χ3n) is 2.05. The predicted molar refractivity (Wildman–Crippen MR) is 39.3 cm³/mol. The van der Waals surface area contributed by atoms with Crippen molar-refractivity contribution in [3.63, 3.8) is 0 Å². The van der Waals surface area contributed by atoms with Gasteiger partial charge in [0.1, 0.15) is 6.54 Å². The van der Waals surface area contributed by atoms with Gasteiger partial charge in [0.15, 0.2) is 0 Å². The molecule has 0 aromatic carbocycles. The van der Waals surface area contributed by atoms with Crippen LogP contribution in [0.2, 0.25) is 0 Å². The Labute approximate surface area is 65.4 Å². The van der Waals surface area contributed by atoms with E-state index in [0.29, 0.717) is 6.54 Å². The predicted octanol–water partition coefficient (Wildman–Crippen LogP) is -0.635. The zero-order valence-corrected chi connectivity index (χ0v) is 6.26. The van der Waals surface area contributed by atoms with E-state index in [1.807, 2.05) is 6.07 Å². The molecule has 11 heavy (non-hydrogen) atoms. The summed E-state index contributed by atoms with van der Waals surface area (Å²) < 4.78 is 0. The molecule has 0 atom stereocenters. The van der Waals surface area contributed by atoms with E-state index in [1.165, 1.54) is 0 Å². The van der Waals surface area contributed by atoms with Crippen LogP contribution in [0.5, 0.6) is 0 Å². The number of nitrogens with two attached hydrogens (primary N) is 1. The molecule has 60 valence electrons. The van der Waals surface area contributed by atoms with Gasteiger partial charge in [0.05, 0.1) is 11.5 Å². The molecule has 0 saturated heterocycles. The molecule has 1 aliphatic rings. The molecular weight excluding hydrogens is 142 g/mol. The van der Waals surface area contributed by atoms with Crippen molar-refractivity contribution in [2.45, 2.75) is 12.8 Å². The van der Waals surface area contributed by atoms with Crippen LogP contribution in [0.4, 0.5) is 0 Å². The molecule has 0 bridgehead atoms. The van der Waals surface area contributed by atoms with Crippen LogP contribution in [0.1, 0.15) is 12.8 Å². The van der Waals surface area contributed by atoms with E-state index in [4.69, 9.17) is 11.0 Å². The van der Waals surface area contributed by atoms with Crippen molar-refractivity contribution in [3.8, 4) is 6.07 Å². The van der Waals surface area contributed by atoms with Crippen molar-refractivity contribution in [1.29, 1.82) is 5.26 Å². The molecule has 1 fully saturated rings. The van der Waals surface area contributed by atoms with Crippen LogP contribution in [0.15, 0.2) is 0 Å². The molecule has 0 aromatic heterocycles. The van der Waals surface area contributed by atoms with Crippen LogP contribution in [0.3, 0.4) is 0 Å². The first-order valence-electron chi connectivity index (χ1n) is 3.60. The van der Waals surface area contributed by atoms with E-state index in [1.54, 1.807) is 0 Å². The monoisotopic (exact) mass is 153 g/mol. The molecule has 1 aliphatic carbocycles. The second-order valence-electron chi connectivity index (χ2n) is 2.83. The number of carbonyl (C=O) groups excluding carboxylic acids is 1. The summed E-state index contributed by atoms with van der Waals surface area (Å²) in [5, 5.41) is 10.7. The Balaban J connectivity index is 2.37. The van der Waals surface area contributed by atoms with E-state index < -0.39 is 0 Å². The van der Waals surface area contributed by atoms with E-state index >= 15 is 0 Å². The minimum Gasteiger partial charge on any atom is -0.342 e. The van der Waals surface area contributed by atoms with Crippen molar-refractivity contribution >= 4 is 5.91 Å². The number of amides is 1. The molecule has 0 unspecified atom stereocenters. The van der Waals surface area contributed by atoms with Gasteiger partial charge < -0.3 is 11.1 Å². The molecule has 0 aliphatic heterocycles. The zero-order valence-electron chi connectivity index (χ0n) is 6.26. The van der Waals surface area contributed by atoms with Gasteiger partial charge in [-0.2, -0.15) is 5.26 Å². The quantitative estimate of drug-likeness (QED) is 0.529. The standard InChI is InChI=1S/C7H11N3O/c8-3-4-10-6(11)7(5-9)1-2-7/h1-2,4-5,9H2,(H,10,11). The van der Waals surface area contributed by atoms with Crippen molar-refractivity contribution in [1.82, 2.24) is 5.32 Å². The van der Waals surface area contributed by atoms with Crippen LogP contribution in [0.25, 0.3) is 0 Å². The molecule has 1 rings (SSSR count). The SMILES string of the molecule is N#CCNC(=O)C1(CN)CC1. The van der Waals surface area contributed by atoms with Gasteiger partial charge in [-0.3, -0.25) is 4.79 Å². The van der Waals surface area contributed by atoms with Crippen LogP contribution in [-0.4, -0.2) is 19.0 Å². The molecule has 0 heterocycles. The fourth-order valence-electron chi connectivity index (χ4n) is 0.982. The Kier molecular flexibility index (Phi) is 2.11. The highest BCUT2D eigenvalue weighted by molar-refractivity contribution is 5.85. The highest BCUT2D eigenvalue weighted by Gasteiger charge is 2.48. The number of hydrogen-bond donors (Lipinski definition) is 2. The summed E-state index contributed by atoms with van der Waals surface area (Å²) >= 11 is 0. The highest BCUT2D eigenvalue weighted by Crippen LogP contribution is 2.44. The normalized spacial score (nSPS) is 18.5. The van der Waals surface area contributed by atoms with E-state index in [2.05, 4.69) is 5.32 Å². The summed E-state index contributed by atoms with van der Waals surface area (Å²) in [6.45, 7) is 0.477. The van der Waals surface area contributed by atoms with Gasteiger partial charge in [-0.1, -0.05) is 0 Å². The summed E-state index contributed by atoms with van der Waals surface area (Å²) in [5.74, 6) is -0.0680. The number of carbonyl (C=O) groups is 1. The van der Waals surface area contributed by atoms with Gasteiger partial charge in [0, 0.05) is 6.54 Å². The lowest BCUT2D eigenvalue weighted by Gasteiger charge is -2.09. The average Bonchev–Trinajstić information content (AvgIpc) is 2.80. The molecule has 4 heteroatoms. The zero-order chi connectivity index (χ0) is 8.32. The molecule has 3 N–H and O–H groups in total. The minimum atomic E-state index is -0.323. The summed E-state index contributed by atoms with van der Waals surface area (Å²) in [6, 6.07) is 1.85. The molecule has 0 aromatic rings. The Morgan fingerprint density at radius 3 is 2.73 bits per heavy atom. The minimum absolute atomic E-state index is 0.0680. The van der Waals surface area contributed by atoms with Gasteiger partial charge in [-0.25, -0.2) is 0 Å². The number of nitriles is 1. The Hall–Kier alpha value is -1.08. The van der Waals surface area contributed by atoms with E-state index in [0.717, 1.165) is 12.8 Å². The maximum atomic E-state index is 11.2. The van der Waals surface area contributed by atoms with Crippen LogP contribution in [-0.2, 0) is 4.79 Å². The largest absolute Gasteiger partial charge is 0.342 e. The van der Waals surface area contributed by atoms with Crippen LogP contribution in [0, 0.1) is 16.7 Å². The van der Waals surface area contributed by atoms with Gasteiger partial charge in [0.25, 0.3) is 0 Å². The highest BCUT2D eigenvalue weighted by atomic mass is 16.2. The van der Waals surface area contributed by atoms with E-state index in [-0.39, 0.29) is 17.9 Å². The van der Waals surface area contributed by atoms with E-state index in [9.17, 15) is 4.79 Å². The number of nitrogens with zero attached hydrogens (tertiary/aromatic N) is 1. The number of hydrogen-bond acceptors (Lipinski definition) is 3. The van der Waals surface area contributed by atoms with Gasteiger partial charge in [0.2, 0.25) is 5.91 Å². The van der Waals surface area contributed by atoms with Crippen molar-refractivity contribution < 1.29 is 4.79 Å². The van der Waals surface area contributed by atoms with Crippen molar-refractivity contribution in [3.05, 3.63) is 0 Å². The van der Waals surface area contributed by atoms with Crippen molar-refractivity contribution in [2.24, 2.45) is 11.1 Å². The first kappa shape index (κ1) is 8.02. The molecule has 4 nitrogen and oxygen atoms in total. The van der Waals surface area contributed by atoms with Crippen molar-refractivity contribution in [2.75, 3.05) is 13.1 Å². The fourth-order valence-corrected chi connectivity index (χ4v) is 0.982. The fraction of sp³-hybridized carbons (Fsp3) is 0.714. The number of nitrogens with one attached hydrogen (secondary N) is 1. The van der Waals surface area contributed by atoms with Gasteiger partial charge >= 0.3 is 0 Å². The van der Waals surface area contributed by atoms with Gasteiger partial charge in [-0.05, 0) is 12.8 Å². The Morgan fingerprint density at radius 1 is 1.73 bits per heavy atom. The second kappa shape index (κ2) is 2.89. The first-order valence-corrected chi connectivity index (χ1v) is 3.60. The number of rotatable bonds is 3. The van der Waals surface area contributed by atoms with Gasteiger partial charge in [-0.15, -0.1) is 0 Å². The lowest BCUT2D eigenvalue weighted by atomic mass is 10.1. The summed E-state index contributed by atoms with van der Waals surface area (Å²) in [6.07, 6.45) is 1.72. The third-order valence-corrected chi connectivity index (χ3v) is 2.05. The Morgan fingerprint density at radius 2 is 2.36 bits per heavy atom. The topological polar surface area (TPSA) is 78.9 Å². The smallest absolute Gasteiger partial charge is 0.228 e. The summed E-state index contributed by atoms with van der Waals surface area (Å²) in [4.78, 5) is 11.2. The van der Waals surface area contributed by atoms with Crippen LogP contribution >= 0.6 is 0 Å². The molecule has 1 saturated carbocycles. The van der Waals surface area contributed by atoms with Crippen LogP contribution < -0.4 is 11.1 Å². The summed E-state index contributed by atoms with van der Waals surface area (Å²) in [5.41, 5.74) is 5.08. The summed E-state index contributed by atoms with van der Waals surface area (Å²) in [7, 11) is 0. The maximum absolute atomic E-state index is 11.2. The lowest BCUT2D eigenvalue weighted by molar-refractivity contribution is -0.125. The third kappa shape index (κ3) is 1.49.